The fourth-order valence-electron chi connectivity index (χ4n) is 4.07. The molecular weight excluding hydrogens is 394 g/mol. The Hall–Kier alpha value is -2.73. The number of hydrogen-bond acceptors (Lipinski definition) is 6. The van der Waals surface area contributed by atoms with E-state index in [1.165, 1.54) is 30.4 Å². The summed E-state index contributed by atoms with van der Waals surface area (Å²) in [5, 5.41) is 0.816. The van der Waals surface area contributed by atoms with E-state index in [-0.39, 0.29) is 0 Å². The highest BCUT2D eigenvalue weighted by atomic mass is 32.2. The van der Waals surface area contributed by atoms with Crippen LogP contribution in [0.5, 0.6) is 11.5 Å². The summed E-state index contributed by atoms with van der Waals surface area (Å²) in [5.41, 5.74) is 2.63. The van der Waals surface area contributed by atoms with Crippen LogP contribution in [0, 0.1) is 5.92 Å². The second kappa shape index (κ2) is 8.96. The quantitative estimate of drug-likeness (QED) is 0.416. The molecule has 0 N–H and O–H groups in total. The molecule has 3 aromatic rings. The Balaban J connectivity index is 1.16. The SMILES string of the molecule is c1ccc(CC2CCN(c3ccnc(SCc4ccc5c(c4)OCO5)n3)CC2)cc1. The van der Waals surface area contributed by atoms with E-state index in [2.05, 4.69) is 46.3 Å². The van der Waals surface area contributed by atoms with Gasteiger partial charge in [0.1, 0.15) is 5.82 Å². The van der Waals surface area contributed by atoms with Gasteiger partial charge in [-0.15, -0.1) is 0 Å². The van der Waals surface area contributed by atoms with E-state index >= 15 is 0 Å². The lowest BCUT2D eigenvalue weighted by Gasteiger charge is -2.33. The van der Waals surface area contributed by atoms with Crippen LogP contribution in [0.2, 0.25) is 0 Å². The number of piperidine rings is 1. The highest BCUT2D eigenvalue weighted by molar-refractivity contribution is 7.98. The summed E-state index contributed by atoms with van der Waals surface area (Å²) in [7, 11) is 0. The molecule has 0 atom stereocenters. The third-order valence-corrected chi connectivity index (χ3v) is 6.66. The van der Waals surface area contributed by atoms with Crippen molar-refractivity contribution in [3.8, 4) is 11.5 Å². The molecule has 5 nitrogen and oxygen atoms in total. The van der Waals surface area contributed by atoms with Crippen LogP contribution in [-0.2, 0) is 12.2 Å². The highest BCUT2D eigenvalue weighted by Gasteiger charge is 2.21. The third-order valence-electron chi connectivity index (χ3n) is 5.73. The van der Waals surface area contributed by atoms with Crippen LogP contribution in [-0.4, -0.2) is 29.9 Å². The first-order valence-electron chi connectivity index (χ1n) is 10.5. The van der Waals surface area contributed by atoms with Gasteiger partial charge in [-0.05, 0) is 54.5 Å². The van der Waals surface area contributed by atoms with Gasteiger partial charge < -0.3 is 14.4 Å². The summed E-state index contributed by atoms with van der Waals surface area (Å²) >= 11 is 1.65. The Kier molecular flexibility index (Phi) is 5.75. The Labute approximate surface area is 181 Å². The molecule has 2 aliphatic heterocycles. The van der Waals surface area contributed by atoms with Crippen molar-refractivity contribution in [2.24, 2.45) is 5.92 Å². The topological polar surface area (TPSA) is 47.5 Å². The minimum absolute atomic E-state index is 0.305. The van der Waals surface area contributed by atoms with Crippen LogP contribution in [0.15, 0.2) is 66.0 Å². The number of aromatic nitrogens is 2. The molecule has 2 aromatic carbocycles. The second-order valence-electron chi connectivity index (χ2n) is 7.79. The molecule has 1 saturated heterocycles. The molecule has 0 bridgehead atoms. The Morgan fingerprint density at radius 3 is 2.63 bits per heavy atom. The van der Waals surface area contributed by atoms with Crippen LogP contribution >= 0.6 is 11.8 Å². The van der Waals surface area contributed by atoms with Gasteiger partial charge in [-0.2, -0.15) is 0 Å². The smallest absolute Gasteiger partial charge is 0.231 e. The number of rotatable bonds is 6. The molecule has 6 heteroatoms. The molecule has 0 spiro atoms. The average Bonchev–Trinajstić information content (AvgIpc) is 3.27. The van der Waals surface area contributed by atoms with Crippen LogP contribution in [0.1, 0.15) is 24.0 Å². The van der Waals surface area contributed by atoms with Gasteiger partial charge >= 0.3 is 0 Å². The predicted octanol–water partition coefficient (Wildman–Crippen LogP) is 4.96. The maximum atomic E-state index is 5.47. The third kappa shape index (κ3) is 4.54. The summed E-state index contributed by atoms with van der Waals surface area (Å²) in [5.74, 6) is 4.24. The Morgan fingerprint density at radius 2 is 1.77 bits per heavy atom. The normalized spacial score (nSPS) is 16.1. The maximum Gasteiger partial charge on any atom is 0.231 e. The zero-order valence-corrected chi connectivity index (χ0v) is 17.7. The molecule has 2 aliphatic rings. The maximum absolute atomic E-state index is 5.47. The fraction of sp³-hybridized carbons (Fsp3) is 0.333. The van der Waals surface area contributed by atoms with Gasteiger partial charge in [-0.1, -0.05) is 48.2 Å². The summed E-state index contributed by atoms with van der Waals surface area (Å²) in [6.45, 7) is 2.42. The summed E-state index contributed by atoms with van der Waals surface area (Å²) in [6, 6.07) is 18.9. The van der Waals surface area contributed by atoms with Gasteiger partial charge in [0.25, 0.3) is 0 Å². The van der Waals surface area contributed by atoms with Crippen molar-refractivity contribution in [2.45, 2.75) is 30.2 Å². The number of fused-ring (bicyclic) bond motifs is 1. The first-order valence-corrected chi connectivity index (χ1v) is 11.5. The highest BCUT2D eigenvalue weighted by Crippen LogP contribution is 2.34. The molecule has 1 aromatic heterocycles. The molecule has 3 heterocycles. The standard InChI is InChI=1S/C24H25N3O2S/c1-2-4-18(5-3-1)14-19-9-12-27(13-10-19)23-8-11-25-24(26-23)30-16-20-6-7-21-22(15-20)29-17-28-21/h1-8,11,15,19H,9-10,12-14,16-17H2. The zero-order chi connectivity index (χ0) is 20.2. The average molecular weight is 420 g/mol. The molecule has 0 amide bonds. The first kappa shape index (κ1) is 19.2. The molecule has 154 valence electrons. The van der Waals surface area contributed by atoms with E-state index in [4.69, 9.17) is 14.5 Å². The van der Waals surface area contributed by atoms with E-state index in [0.29, 0.717) is 6.79 Å². The van der Waals surface area contributed by atoms with Crippen molar-refractivity contribution in [1.82, 2.24) is 9.97 Å². The van der Waals surface area contributed by atoms with Crippen molar-refractivity contribution in [3.63, 3.8) is 0 Å². The molecule has 0 radical (unpaired) electrons. The molecule has 0 aliphatic carbocycles. The van der Waals surface area contributed by atoms with Crippen LogP contribution < -0.4 is 14.4 Å². The number of benzene rings is 2. The summed E-state index contributed by atoms with van der Waals surface area (Å²) < 4.78 is 10.8. The van der Waals surface area contributed by atoms with E-state index < -0.39 is 0 Å². The van der Waals surface area contributed by atoms with E-state index in [9.17, 15) is 0 Å². The summed E-state index contributed by atoms with van der Waals surface area (Å²) in [4.78, 5) is 11.7. The lowest BCUT2D eigenvalue weighted by atomic mass is 9.90. The number of thioether (sulfide) groups is 1. The number of anilines is 1. The molecular formula is C24H25N3O2S. The lowest BCUT2D eigenvalue weighted by Crippen LogP contribution is -2.34. The van der Waals surface area contributed by atoms with Gasteiger partial charge in [0.15, 0.2) is 16.7 Å². The van der Waals surface area contributed by atoms with E-state index in [1.54, 1.807) is 11.8 Å². The molecule has 0 saturated carbocycles. The van der Waals surface area contributed by atoms with E-state index in [0.717, 1.165) is 47.2 Å². The van der Waals surface area contributed by atoms with Crippen molar-refractivity contribution in [2.75, 3.05) is 24.8 Å². The monoisotopic (exact) mass is 419 g/mol. The molecule has 5 rings (SSSR count). The molecule has 1 fully saturated rings. The predicted molar refractivity (Wildman–Crippen MR) is 119 cm³/mol. The Bertz CT molecular complexity index is 991. The number of nitrogens with zero attached hydrogens (tertiary/aromatic N) is 3. The van der Waals surface area contributed by atoms with Crippen LogP contribution in [0.4, 0.5) is 5.82 Å². The van der Waals surface area contributed by atoms with Crippen LogP contribution in [0.3, 0.4) is 0 Å². The van der Waals surface area contributed by atoms with E-state index in [1.807, 2.05) is 24.4 Å². The second-order valence-corrected chi connectivity index (χ2v) is 8.74. The first-order chi connectivity index (χ1) is 14.8. The van der Waals surface area contributed by atoms with Gasteiger partial charge in [0.2, 0.25) is 6.79 Å². The number of hydrogen-bond donors (Lipinski definition) is 0. The van der Waals surface area contributed by atoms with Crippen molar-refractivity contribution in [1.29, 1.82) is 0 Å². The number of ether oxygens (including phenoxy) is 2. The zero-order valence-electron chi connectivity index (χ0n) is 16.9. The minimum Gasteiger partial charge on any atom is -0.454 e. The van der Waals surface area contributed by atoms with Gasteiger partial charge in [0.05, 0.1) is 0 Å². The molecule has 0 unspecified atom stereocenters. The van der Waals surface area contributed by atoms with Crippen molar-refractivity contribution >= 4 is 17.6 Å². The van der Waals surface area contributed by atoms with Crippen LogP contribution in [0.25, 0.3) is 0 Å². The van der Waals surface area contributed by atoms with Crippen molar-refractivity contribution < 1.29 is 9.47 Å². The lowest BCUT2D eigenvalue weighted by molar-refractivity contribution is 0.174. The minimum atomic E-state index is 0.305. The Morgan fingerprint density at radius 1 is 0.933 bits per heavy atom. The summed E-state index contributed by atoms with van der Waals surface area (Å²) in [6.07, 6.45) is 5.46. The van der Waals surface area contributed by atoms with Crippen molar-refractivity contribution in [3.05, 3.63) is 71.9 Å². The van der Waals surface area contributed by atoms with Gasteiger partial charge in [-0.3, -0.25) is 0 Å². The fourth-order valence-corrected chi connectivity index (χ4v) is 4.84. The van der Waals surface area contributed by atoms with Gasteiger partial charge in [0, 0.05) is 25.0 Å². The molecule has 30 heavy (non-hydrogen) atoms. The largest absolute Gasteiger partial charge is 0.454 e. The van der Waals surface area contributed by atoms with Gasteiger partial charge in [-0.25, -0.2) is 9.97 Å².